The predicted octanol–water partition coefficient (Wildman–Crippen LogP) is 3.04. The monoisotopic (exact) mass is 451 g/mol. The molecule has 0 saturated carbocycles. The summed E-state index contributed by atoms with van der Waals surface area (Å²) in [6.45, 7) is 9.55. The van der Waals surface area contributed by atoms with Crippen LogP contribution in [0.25, 0.3) is 16.5 Å². The number of aliphatic hydroxyl groups is 2. The maximum Gasteiger partial charge on any atom is 0.165 e. The van der Waals surface area contributed by atoms with Crippen molar-refractivity contribution in [3.63, 3.8) is 0 Å². The van der Waals surface area contributed by atoms with Gasteiger partial charge in [0.05, 0.1) is 17.8 Å². The molecule has 1 unspecified atom stereocenters. The number of phenolic OH excluding ortho intramolecular Hbond substituents is 1. The van der Waals surface area contributed by atoms with Crippen LogP contribution in [0.2, 0.25) is 0 Å². The predicted molar refractivity (Wildman–Crippen MR) is 130 cm³/mol. The summed E-state index contributed by atoms with van der Waals surface area (Å²) in [6, 6.07) is 5.44. The molecule has 3 rings (SSSR count). The van der Waals surface area contributed by atoms with Crippen molar-refractivity contribution in [1.82, 2.24) is 15.2 Å². The van der Waals surface area contributed by atoms with E-state index in [4.69, 9.17) is 4.98 Å². The van der Waals surface area contributed by atoms with Crippen molar-refractivity contribution in [2.45, 2.75) is 45.9 Å². The highest BCUT2D eigenvalue weighted by atomic mass is 16.3. The second kappa shape index (κ2) is 9.47. The number of Topliss-reactive ketones (excluding diaryl/α,β-unsaturated/α-hetero) is 1. The molecule has 176 valence electrons. The fourth-order valence-corrected chi connectivity index (χ4v) is 4.31. The van der Waals surface area contributed by atoms with Crippen LogP contribution in [0.1, 0.15) is 44.0 Å². The number of nitrogens with one attached hydrogen (secondary N) is 1. The van der Waals surface area contributed by atoms with Crippen molar-refractivity contribution in [2.24, 2.45) is 0 Å². The lowest BCUT2D eigenvalue weighted by Crippen LogP contribution is -2.39. The largest absolute Gasteiger partial charge is 0.508 e. The van der Waals surface area contributed by atoms with E-state index in [1.807, 2.05) is 32.0 Å². The maximum atomic E-state index is 12.4. The van der Waals surface area contributed by atoms with Crippen LogP contribution in [0, 0.1) is 0 Å². The van der Waals surface area contributed by atoms with Gasteiger partial charge in [-0.15, -0.1) is 0 Å². The summed E-state index contributed by atoms with van der Waals surface area (Å²) in [7, 11) is 3.88. The topological polar surface area (TPSA) is 106 Å². The molecule has 4 N–H and O–H groups in total. The molecule has 2 aromatic rings. The van der Waals surface area contributed by atoms with Crippen LogP contribution in [-0.2, 0) is 17.9 Å². The Morgan fingerprint density at radius 1 is 1.33 bits per heavy atom. The Morgan fingerprint density at radius 2 is 2.03 bits per heavy atom. The molecule has 0 saturated heterocycles. The molecule has 33 heavy (non-hydrogen) atoms. The highest BCUT2D eigenvalue weighted by Gasteiger charge is 2.37. The molecular weight excluding hydrogens is 418 g/mol. The molecule has 7 heteroatoms. The van der Waals surface area contributed by atoms with Gasteiger partial charge in [-0.2, -0.15) is 0 Å². The Morgan fingerprint density at radius 3 is 2.61 bits per heavy atom. The summed E-state index contributed by atoms with van der Waals surface area (Å²) in [6.07, 6.45) is 1.89. The van der Waals surface area contributed by atoms with E-state index in [1.54, 1.807) is 25.1 Å². The van der Waals surface area contributed by atoms with Crippen molar-refractivity contribution in [1.29, 1.82) is 0 Å². The molecule has 0 amide bonds. The molecule has 1 aromatic carbocycles. The van der Waals surface area contributed by atoms with Gasteiger partial charge in [-0.25, -0.2) is 4.98 Å². The van der Waals surface area contributed by atoms with Crippen LogP contribution in [0.4, 0.5) is 0 Å². The first kappa shape index (κ1) is 24.6. The molecule has 0 fully saturated rings. The molecule has 1 aromatic heterocycles. The number of benzene rings is 1. The van der Waals surface area contributed by atoms with E-state index in [0.29, 0.717) is 35.6 Å². The minimum Gasteiger partial charge on any atom is -0.508 e. The quantitative estimate of drug-likeness (QED) is 0.535. The highest BCUT2D eigenvalue weighted by molar-refractivity contribution is 5.91. The SMILES string of the molecule is C=C1NCc2cc3c(CN(C)C)c(O)ccc3nc2/C(C)=C/C(C(O)(CC)C(C)=O)=C\1CO. The van der Waals surface area contributed by atoms with Gasteiger partial charge in [0.15, 0.2) is 5.78 Å². The number of fused-ring (bicyclic) bond motifs is 2. The molecule has 0 aliphatic carbocycles. The number of carbonyl (C=O) groups is 1. The van der Waals surface area contributed by atoms with Crippen LogP contribution >= 0.6 is 0 Å². The van der Waals surface area contributed by atoms with Gasteiger partial charge in [-0.1, -0.05) is 19.6 Å². The van der Waals surface area contributed by atoms with Crippen molar-refractivity contribution in [2.75, 3.05) is 20.7 Å². The Balaban J connectivity index is 2.31. The van der Waals surface area contributed by atoms with Gasteiger partial charge in [0.1, 0.15) is 11.4 Å². The van der Waals surface area contributed by atoms with Crippen molar-refractivity contribution in [3.05, 3.63) is 64.5 Å². The lowest BCUT2D eigenvalue weighted by Gasteiger charge is -2.28. The number of allylic oxidation sites excluding steroid dienone is 1. The summed E-state index contributed by atoms with van der Waals surface area (Å²) in [5.74, 6) is -0.191. The van der Waals surface area contributed by atoms with Gasteiger partial charge >= 0.3 is 0 Å². The van der Waals surface area contributed by atoms with E-state index in [0.717, 1.165) is 27.6 Å². The average molecular weight is 452 g/mol. The second-order valence-electron chi connectivity index (χ2n) is 8.84. The van der Waals surface area contributed by atoms with E-state index in [9.17, 15) is 20.1 Å². The van der Waals surface area contributed by atoms with Gasteiger partial charge in [0.2, 0.25) is 0 Å². The Hall–Kier alpha value is -3.00. The summed E-state index contributed by atoms with van der Waals surface area (Å²) < 4.78 is 0. The van der Waals surface area contributed by atoms with Crippen LogP contribution in [0.3, 0.4) is 0 Å². The normalized spacial score (nSPS) is 20.2. The van der Waals surface area contributed by atoms with Crippen LogP contribution < -0.4 is 5.32 Å². The number of pyridine rings is 1. The lowest BCUT2D eigenvalue weighted by atomic mass is 9.82. The van der Waals surface area contributed by atoms with Crippen molar-refractivity contribution >= 4 is 22.3 Å². The molecule has 0 bridgehead atoms. The number of ketones is 1. The molecule has 1 atom stereocenters. The molecule has 0 radical (unpaired) electrons. The fourth-order valence-electron chi connectivity index (χ4n) is 4.31. The third-order valence-electron chi connectivity index (χ3n) is 6.25. The summed E-state index contributed by atoms with van der Waals surface area (Å²) in [5.41, 5.74) is 3.25. The Kier molecular flexibility index (Phi) is 7.07. The van der Waals surface area contributed by atoms with Gasteiger partial charge in [0.25, 0.3) is 0 Å². The lowest BCUT2D eigenvalue weighted by molar-refractivity contribution is -0.131. The third kappa shape index (κ3) is 4.57. The second-order valence-corrected chi connectivity index (χ2v) is 8.84. The first-order chi connectivity index (χ1) is 15.5. The van der Waals surface area contributed by atoms with E-state index in [2.05, 4.69) is 11.9 Å². The molecule has 0 spiro atoms. The van der Waals surface area contributed by atoms with E-state index < -0.39 is 11.4 Å². The van der Waals surface area contributed by atoms with Crippen molar-refractivity contribution in [3.8, 4) is 5.75 Å². The minimum absolute atomic E-state index is 0.156. The van der Waals surface area contributed by atoms with Crippen LogP contribution in [0.5, 0.6) is 5.75 Å². The van der Waals surface area contributed by atoms with E-state index in [1.165, 1.54) is 6.92 Å². The molecular formula is C26H33N3O4. The summed E-state index contributed by atoms with van der Waals surface area (Å²) in [5, 5.41) is 35.9. The number of rotatable bonds is 6. The standard InChI is InChI=1S/C26H33N3O4/c1-7-26(33,17(4)31)22-10-15(2)25-18(12-27-16(3)21(22)14-30)11-19-20(13-29(5)6)24(32)9-8-23(19)28-25/h8-11,27,30,32-33H,3,7,12-14H2,1-2,4-6H3/b15-10+,22-21+. The average Bonchev–Trinajstić information content (AvgIpc) is 2.81. The zero-order valence-electron chi connectivity index (χ0n) is 20.0. The third-order valence-corrected chi connectivity index (χ3v) is 6.25. The van der Waals surface area contributed by atoms with E-state index in [-0.39, 0.29) is 18.8 Å². The number of nitrogens with zero attached hydrogens (tertiary/aromatic N) is 2. The minimum atomic E-state index is -1.75. The van der Waals surface area contributed by atoms with Gasteiger partial charge in [-0.05, 0) is 69.3 Å². The first-order valence-corrected chi connectivity index (χ1v) is 11.0. The highest BCUT2D eigenvalue weighted by Crippen LogP contribution is 2.35. The summed E-state index contributed by atoms with van der Waals surface area (Å²) >= 11 is 0. The van der Waals surface area contributed by atoms with Gasteiger partial charge in [-0.3, -0.25) is 4.79 Å². The number of carbonyl (C=O) groups excluding carboxylic acids is 1. The number of hydrogen-bond donors (Lipinski definition) is 4. The smallest absolute Gasteiger partial charge is 0.165 e. The number of aliphatic hydroxyl groups excluding tert-OH is 1. The Labute approximate surface area is 194 Å². The van der Waals surface area contributed by atoms with Gasteiger partial charge in [0, 0.05) is 35.3 Å². The molecule has 2 heterocycles. The number of hydrogen-bond acceptors (Lipinski definition) is 7. The molecule has 7 nitrogen and oxygen atoms in total. The van der Waals surface area contributed by atoms with Gasteiger partial charge < -0.3 is 25.5 Å². The zero-order chi connectivity index (χ0) is 24.5. The Bertz CT molecular complexity index is 1180. The first-order valence-electron chi connectivity index (χ1n) is 11.0. The summed E-state index contributed by atoms with van der Waals surface area (Å²) in [4.78, 5) is 19.3. The molecule has 1 aliphatic heterocycles. The number of aromatic hydroxyl groups is 1. The zero-order valence-corrected chi connectivity index (χ0v) is 20.0. The number of aromatic nitrogens is 1. The van der Waals surface area contributed by atoms with Crippen molar-refractivity contribution < 1.29 is 20.1 Å². The van der Waals surface area contributed by atoms with Crippen LogP contribution in [0.15, 0.2) is 47.7 Å². The fraction of sp³-hybridized carbons (Fsp3) is 0.385. The number of phenols is 1. The van der Waals surface area contributed by atoms with E-state index >= 15 is 0 Å². The van der Waals surface area contributed by atoms with Crippen LogP contribution in [-0.4, -0.2) is 57.3 Å². The molecule has 1 aliphatic rings. The maximum absolute atomic E-state index is 12.4.